The maximum absolute atomic E-state index is 12.0. The lowest BCUT2D eigenvalue weighted by molar-refractivity contribution is -0.135. The van der Waals surface area contributed by atoms with Crippen LogP contribution in [0.3, 0.4) is 0 Å². The van der Waals surface area contributed by atoms with Gasteiger partial charge in [-0.2, -0.15) is 0 Å². The Kier molecular flexibility index (Phi) is 5.32. The van der Waals surface area contributed by atoms with Crippen molar-refractivity contribution in [2.75, 3.05) is 37.4 Å². The molecule has 1 aliphatic carbocycles. The molecular formula is C13H20N4O2S2. The van der Waals surface area contributed by atoms with E-state index in [9.17, 15) is 4.79 Å². The van der Waals surface area contributed by atoms with E-state index in [1.807, 2.05) is 4.90 Å². The van der Waals surface area contributed by atoms with Crippen molar-refractivity contribution < 1.29 is 9.53 Å². The number of nitrogens with one attached hydrogen (secondary N) is 1. The van der Waals surface area contributed by atoms with Crippen molar-refractivity contribution >= 4 is 34.1 Å². The van der Waals surface area contributed by atoms with Crippen LogP contribution in [0.2, 0.25) is 0 Å². The molecule has 1 N–H and O–H groups in total. The lowest BCUT2D eigenvalue weighted by atomic mass is 10.3. The molecule has 21 heavy (non-hydrogen) atoms. The molecule has 1 aromatic rings. The van der Waals surface area contributed by atoms with E-state index < -0.39 is 0 Å². The van der Waals surface area contributed by atoms with Crippen molar-refractivity contribution in [2.45, 2.75) is 36.1 Å². The molecule has 0 aromatic carbocycles. The maximum atomic E-state index is 12.0. The van der Waals surface area contributed by atoms with Crippen LogP contribution < -0.4 is 5.32 Å². The van der Waals surface area contributed by atoms with E-state index in [-0.39, 0.29) is 5.91 Å². The van der Waals surface area contributed by atoms with Gasteiger partial charge in [-0.25, -0.2) is 0 Å². The molecule has 6 nitrogen and oxygen atoms in total. The fraction of sp³-hybridized carbons (Fsp3) is 0.769. The van der Waals surface area contributed by atoms with Crippen molar-refractivity contribution in [2.24, 2.45) is 0 Å². The standard InChI is InChI=1S/C13H20N4O2S2/c18-11(17-5-7-19-8-6-17)2-1-9-20-13-16-15-12(21-13)14-10-3-4-10/h10H,1-9H2,(H,14,15). The molecule has 8 heteroatoms. The van der Waals surface area contributed by atoms with Crippen LogP contribution in [-0.4, -0.2) is 59.1 Å². The molecule has 2 fully saturated rings. The summed E-state index contributed by atoms with van der Waals surface area (Å²) >= 11 is 3.29. The fourth-order valence-electron chi connectivity index (χ4n) is 2.08. The van der Waals surface area contributed by atoms with E-state index >= 15 is 0 Å². The summed E-state index contributed by atoms with van der Waals surface area (Å²) in [7, 11) is 0. The average Bonchev–Trinajstić information content (AvgIpc) is 3.22. The SMILES string of the molecule is O=C(CCCSc1nnc(NC2CC2)s1)N1CCOCC1. The van der Waals surface area contributed by atoms with Crippen LogP contribution in [0.5, 0.6) is 0 Å². The number of carbonyl (C=O) groups excluding carboxylic acids is 1. The monoisotopic (exact) mass is 328 g/mol. The minimum atomic E-state index is 0.243. The number of aromatic nitrogens is 2. The van der Waals surface area contributed by atoms with Crippen LogP contribution >= 0.6 is 23.1 Å². The summed E-state index contributed by atoms with van der Waals surface area (Å²) in [6.07, 6.45) is 3.97. The topological polar surface area (TPSA) is 67.4 Å². The molecule has 0 bridgehead atoms. The highest BCUT2D eigenvalue weighted by atomic mass is 32.2. The Hall–Kier alpha value is -0.860. The number of nitrogens with zero attached hydrogens (tertiary/aromatic N) is 3. The number of anilines is 1. The molecule has 2 aliphatic rings. The Morgan fingerprint density at radius 2 is 2.19 bits per heavy atom. The van der Waals surface area contributed by atoms with Crippen molar-refractivity contribution in [1.82, 2.24) is 15.1 Å². The first-order valence-corrected chi connectivity index (χ1v) is 9.20. The Morgan fingerprint density at radius 1 is 1.38 bits per heavy atom. The Labute approximate surface area is 132 Å². The van der Waals surface area contributed by atoms with E-state index in [1.165, 1.54) is 12.8 Å². The van der Waals surface area contributed by atoms with Gasteiger partial charge in [0, 0.05) is 31.3 Å². The smallest absolute Gasteiger partial charge is 0.222 e. The molecule has 1 saturated carbocycles. The van der Waals surface area contributed by atoms with E-state index in [0.717, 1.165) is 34.7 Å². The fourth-order valence-corrected chi connectivity index (χ4v) is 3.92. The van der Waals surface area contributed by atoms with Gasteiger partial charge in [-0.15, -0.1) is 10.2 Å². The van der Waals surface area contributed by atoms with E-state index in [4.69, 9.17) is 4.74 Å². The predicted octanol–water partition coefficient (Wildman–Crippen LogP) is 1.84. The zero-order valence-corrected chi connectivity index (χ0v) is 13.5. The minimum Gasteiger partial charge on any atom is -0.378 e. The third-order valence-corrected chi connectivity index (χ3v) is 5.51. The quantitative estimate of drug-likeness (QED) is 0.608. The van der Waals surface area contributed by atoms with Crippen molar-refractivity contribution in [3.63, 3.8) is 0 Å². The molecule has 3 rings (SSSR count). The molecule has 0 atom stereocenters. The minimum absolute atomic E-state index is 0.243. The lowest BCUT2D eigenvalue weighted by Crippen LogP contribution is -2.40. The van der Waals surface area contributed by atoms with E-state index in [0.29, 0.717) is 25.7 Å². The number of hydrogen-bond acceptors (Lipinski definition) is 7. The second kappa shape index (κ2) is 7.42. The third kappa shape index (κ3) is 4.82. The van der Waals surface area contributed by atoms with Crippen LogP contribution in [-0.2, 0) is 9.53 Å². The van der Waals surface area contributed by atoms with Crippen LogP contribution in [0.4, 0.5) is 5.13 Å². The predicted molar refractivity (Wildman–Crippen MR) is 83.9 cm³/mol. The van der Waals surface area contributed by atoms with Crippen molar-refractivity contribution in [1.29, 1.82) is 0 Å². The third-order valence-electron chi connectivity index (χ3n) is 3.44. The molecule has 1 aromatic heterocycles. The lowest BCUT2D eigenvalue weighted by Gasteiger charge is -2.26. The zero-order chi connectivity index (χ0) is 14.5. The molecule has 1 saturated heterocycles. The first kappa shape index (κ1) is 15.1. The summed E-state index contributed by atoms with van der Waals surface area (Å²) in [5.41, 5.74) is 0. The molecule has 1 amide bonds. The highest BCUT2D eigenvalue weighted by molar-refractivity contribution is 8.01. The van der Waals surface area contributed by atoms with Crippen molar-refractivity contribution in [3.8, 4) is 0 Å². The number of morpholine rings is 1. The average molecular weight is 328 g/mol. The number of hydrogen-bond donors (Lipinski definition) is 1. The number of ether oxygens (including phenoxy) is 1. The van der Waals surface area contributed by atoms with Gasteiger partial charge in [0.05, 0.1) is 13.2 Å². The number of amides is 1. The Balaban J connectivity index is 1.31. The first-order valence-electron chi connectivity index (χ1n) is 7.39. The molecular weight excluding hydrogens is 308 g/mol. The van der Waals surface area contributed by atoms with Crippen LogP contribution in [0.15, 0.2) is 4.34 Å². The van der Waals surface area contributed by atoms with E-state index in [1.54, 1.807) is 23.1 Å². The molecule has 0 spiro atoms. The van der Waals surface area contributed by atoms with Gasteiger partial charge in [0.2, 0.25) is 11.0 Å². The number of rotatable bonds is 7. The van der Waals surface area contributed by atoms with Gasteiger partial charge >= 0.3 is 0 Å². The normalized spacial score (nSPS) is 18.8. The second-order valence-corrected chi connectivity index (χ2v) is 7.56. The van der Waals surface area contributed by atoms with Gasteiger partial charge < -0.3 is 15.0 Å². The summed E-state index contributed by atoms with van der Waals surface area (Å²) in [5.74, 6) is 1.15. The molecule has 0 radical (unpaired) electrons. The second-order valence-electron chi connectivity index (χ2n) is 5.24. The molecule has 116 valence electrons. The molecule has 2 heterocycles. The number of thioether (sulfide) groups is 1. The Morgan fingerprint density at radius 3 is 2.95 bits per heavy atom. The molecule has 0 unspecified atom stereocenters. The highest BCUT2D eigenvalue weighted by Gasteiger charge is 2.22. The number of carbonyl (C=O) groups is 1. The van der Waals surface area contributed by atoms with Gasteiger partial charge in [-0.3, -0.25) is 4.79 Å². The highest BCUT2D eigenvalue weighted by Crippen LogP contribution is 2.30. The van der Waals surface area contributed by atoms with Crippen LogP contribution in [0, 0.1) is 0 Å². The molecule has 1 aliphatic heterocycles. The summed E-state index contributed by atoms with van der Waals surface area (Å²) in [4.78, 5) is 13.9. The van der Waals surface area contributed by atoms with Gasteiger partial charge in [0.25, 0.3) is 0 Å². The zero-order valence-electron chi connectivity index (χ0n) is 11.9. The van der Waals surface area contributed by atoms with Gasteiger partial charge in [0.15, 0.2) is 4.34 Å². The van der Waals surface area contributed by atoms with E-state index in [2.05, 4.69) is 15.5 Å². The van der Waals surface area contributed by atoms with Crippen LogP contribution in [0.25, 0.3) is 0 Å². The van der Waals surface area contributed by atoms with Gasteiger partial charge in [0.1, 0.15) is 0 Å². The summed E-state index contributed by atoms with van der Waals surface area (Å²) < 4.78 is 6.23. The maximum Gasteiger partial charge on any atom is 0.222 e. The Bertz CT molecular complexity index is 472. The van der Waals surface area contributed by atoms with Crippen LogP contribution in [0.1, 0.15) is 25.7 Å². The van der Waals surface area contributed by atoms with Crippen molar-refractivity contribution in [3.05, 3.63) is 0 Å². The summed E-state index contributed by atoms with van der Waals surface area (Å²) in [5, 5.41) is 12.6. The summed E-state index contributed by atoms with van der Waals surface area (Å²) in [6.45, 7) is 2.81. The van der Waals surface area contributed by atoms with Gasteiger partial charge in [-0.05, 0) is 19.3 Å². The first-order chi connectivity index (χ1) is 10.3. The van der Waals surface area contributed by atoms with Gasteiger partial charge in [-0.1, -0.05) is 23.1 Å². The largest absolute Gasteiger partial charge is 0.378 e. The summed E-state index contributed by atoms with van der Waals surface area (Å²) in [6, 6.07) is 0.613.